The fourth-order valence-electron chi connectivity index (χ4n) is 3.45. The minimum atomic E-state index is -0.336. The van der Waals surface area contributed by atoms with E-state index in [-0.39, 0.29) is 17.9 Å². The largest absolute Gasteiger partial charge is 0.366 e. The Morgan fingerprint density at radius 3 is 2.78 bits per heavy atom. The highest BCUT2D eigenvalue weighted by Crippen LogP contribution is 2.20. The Morgan fingerprint density at radius 2 is 2.00 bits per heavy atom. The summed E-state index contributed by atoms with van der Waals surface area (Å²) in [6.45, 7) is 4.19. The first kappa shape index (κ1) is 17.3. The van der Waals surface area contributed by atoms with Gasteiger partial charge in [0.2, 0.25) is 0 Å². The van der Waals surface area contributed by atoms with Gasteiger partial charge in [0.1, 0.15) is 5.65 Å². The van der Waals surface area contributed by atoms with Gasteiger partial charge in [-0.25, -0.2) is 14.2 Å². The first-order valence-corrected chi connectivity index (χ1v) is 8.95. The number of halogens is 1. The van der Waals surface area contributed by atoms with Crippen molar-refractivity contribution in [3.8, 4) is 0 Å². The molecular weight excluding hydrogens is 347 g/mol. The van der Waals surface area contributed by atoms with Crippen molar-refractivity contribution in [3.05, 3.63) is 60.6 Å². The Hall–Kier alpha value is -3.16. The molecule has 1 atom stereocenters. The SMILES string of the molecule is CC(NC(=O)N1CCN(c2ccncc2F)CC1)c1cccc2nccn12. The number of urea groups is 1. The summed E-state index contributed by atoms with van der Waals surface area (Å²) in [6.07, 6.45) is 6.42. The molecule has 1 unspecified atom stereocenters. The average Bonchev–Trinajstić information content (AvgIpc) is 3.17. The summed E-state index contributed by atoms with van der Waals surface area (Å²) in [5.41, 5.74) is 2.35. The number of piperazine rings is 1. The van der Waals surface area contributed by atoms with Gasteiger partial charge in [-0.2, -0.15) is 0 Å². The van der Waals surface area contributed by atoms with Crippen molar-refractivity contribution in [1.82, 2.24) is 24.6 Å². The lowest BCUT2D eigenvalue weighted by atomic mass is 10.2. The van der Waals surface area contributed by atoms with Gasteiger partial charge < -0.3 is 19.5 Å². The summed E-state index contributed by atoms with van der Waals surface area (Å²) >= 11 is 0. The normalized spacial score (nSPS) is 15.8. The van der Waals surface area contributed by atoms with Gasteiger partial charge in [-0.15, -0.1) is 0 Å². The lowest BCUT2D eigenvalue weighted by molar-refractivity contribution is 0.190. The monoisotopic (exact) mass is 368 g/mol. The van der Waals surface area contributed by atoms with E-state index in [1.54, 1.807) is 23.4 Å². The number of aromatic nitrogens is 3. The predicted molar refractivity (Wildman–Crippen MR) is 100 cm³/mol. The third-order valence-corrected chi connectivity index (χ3v) is 4.90. The van der Waals surface area contributed by atoms with E-state index in [0.717, 1.165) is 11.3 Å². The van der Waals surface area contributed by atoms with Crippen LogP contribution in [0.2, 0.25) is 0 Å². The molecule has 4 rings (SSSR count). The number of carbonyl (C=O) groups excluding carboxylic acids is 1. The van der Waals surface area contributed by atoms with Gasteiger partial charge in [-0.1, -0.05) is 6.07 Å². The van der Waals surface area contributed by atoms with Gasteiger partial charge in [-0.3, -0.25) is 4.98 Å². The van der Waals surface area contributed by atoms with Crippen LogP contribution >= 0.6 is 0 Å². The predicted octanol–water partition coefficient (Wildman–Crippen LogP) is 2.46. The molecule has 7 nitrogen and oxygen atoms in total. The summed E-state index contributed by atoms with van der Waals surface area (Å²) in [7, 11) is 0. The molecule has 27 heavy (non-hydrogen) atoms. The number of nitrogens with zero attached hydrogens (tertiary/aromatic N) is 5. The van der Waals surface area contributed by atoms with E-state index in [9.17, 15) is 9.18 Å². The number of hydrogen-bond donors (Lipinski definition) is 1. The Labute approximate surface area is 156 Å². The second-order valence-electron chi connectivity index (χ2n) is 6.58. The minimum absolute atomic E-state index is 0.116. The Morgan fingerprint density at radius 1 is 1.19 bits per heavy atom. The zero-order valence-corrected chi connectivity index (χ0v) is 15.0. The molecule has 0 bridgehead atoms. The van der Waals surface area contributed by atoms with Crippen molar-refractivity contribution in [2.45, 2.75) is 13.0 Å². The van der Waals surface area contributed by atoms with E-state index in [4.69, 9.17) is 0 Å². The van der Waals surface area contributed by atoms with Crippen molar-refractivity contribution in [3.63, 3.8) is 0 Å². The van der Waals surface area contributed by atoms with Gasteiger partial charge >= 0.3 is 6.03 Å². The zero-order valence-electron chi connectivity index (χ0n) is 15.0. The Bertz CT molecular complexity index is 950. The first-order chi connectivity index (χ1) is 13.1. The maximum atomic E-state index is 13.9. The van der Waals surface area contributed by atoms with Crippen LogP contribution in [-0.2, 0) is 0 Å². The Kier molecular flexibility index (Phi) is 4.62. The van der Waals surface area contributed by atoms with Crippen molar-refractivity contribution < 1.29 is 9.18 Å². The molecule has 1 fully saturated rings. The lowest BCUT2D eigenvalue weighted by Gasteiger charge is -2.36. The first-order valence-electron chi connectivity index (χ1n) is 8.95. The van der Waals surface area contributed by atoms with Crippen LogP contribution in [-0.4, -0.2) is 51.5 Å². The molecule has 0 saturated carbocycles. The van der Waals surface area contributed by atoms with Gasteiger partial charge in [0.05, 0.1) is 17.9 Å². The molecule has 0 aliphatic carbocycles. The minimum Gasteiger partial charge on any atom is -0.366 e. The number of hydrogen-bond acceptors (Lipinski definition) is 4. The van der Waals surface area contributed by atoms with Crippen LogP contribution in [0.25, 0.3) is 5.65 Å². The second-order valence-corrected chi connectivity index (χ2v) is 6.58. The third kappa shape index (κ3) is 3.42. The highest BCUT2D eigenvalue weighted by Gasteiger charge is 2.24. The number of fused-ring (bicyclic) bond motifs is 1. The molecular formula is C19H21FN6O. The average molecular weight is 368 g/mol. The molecule has 0 aromatic carbocycles. The van der Waals surface area contributed by atoms with E-state index in [0.29, 0.717) is 31.9 Å². The molecule has 4 heterocycles. The number of rotatable bonds is 3. The Balaban J connectivity index is 1.38. The zero-order chi connectivity index (χ0) is 18.8. The number of amides is 2. The molecule has 1 aliphatic rings. The third-order valence-electron chi connectivity index (χ3n) is 4.90. The van der Waals surface area contributed by atoms with Gasteiger partial charge in [-0.05, 0) is 25.1 Å². The number of nitrogens with one attached hydrogen (secondary N) is 1. The summed E-state index contributed by atoms with van der Waals surface area (Å²) in [5.74, 6) is -0.336. The smallest absolute Gasteiger partial charge is 0.318 e. The van der Waals surface area contributed by atoms with Crippen LogP contribution in [0.4, 0.5) is 14.9 Å². The van der Waals surface area contributed by atoms with E-state index in [2.05, 4.69) is 15.3 Å². The van der Waals surface area contributed by atoms with Crippen LogP contribution in [0.15, 0.2) is 49.1 Å². The van der Waals surface area contributed by atoms with Crippen LogP contribution in [0.5, 0.6) is 0 Å². The van der Waals surface area contributed by atoms with Crippen molar-refractivity contribution in [1.29, 1.82) is 0 Å². The molecule has 0 radical (unpaired) electrons. The number of anilines is 1. The maximum absolute atomic E-state index is 13.9. The standard InChI is InChI=1S/C19H21FN6O/c1-14(16-3-2-4-18-22-7-8-26(16)18)23-19(27)25-11-9-24(10-12-25)17-5-6-21-13-15(17)20/h2-8,13-14H,9-12H2,1H3,(H,23,27). The fraction of sp³-hybridized carbons (Fsp3) is 0.316. The van der Waals surface area contributed by atoms with Crippen LogP contribution in [0, 0.1) is 5.82 Å². The summed E-state index contributed by atoms with van der Waals surface area (Å²) in [4.78, 5) is 24.4. The van der Waals surface area contributed by atoms with Crippen molar-refractivity contribution in [2.24, 2.45) is 0 Å². The van der Waals surface area contributed by atoms with E-state index in [1.807, 2.05) is 40.6 Å². The highest BCUT2D eigenvalue weighted by molar-refractivity contribution is 5.75. The highest BCUT2D eigenvalue weighted by atomic mass is 19.1. The number of carbonyl (C=O) groups is 1. The molecule has 3 aromatic rings. The maximum Gasteiger partial charge on any atom is 0.318 e. The topological polar surface area (TPSA) is 65.8 Å². The number of pyridine rings is 2. The van der Waals surface area contributed by atoms with Gasteiger partial charge in [0.25, 0.3) is 0 Å². The molecule has 2 amide bonds. The van der Waals surface area contributed by atoms with Crippen molar-refractivity contribution in [2.75, 3.05) is 31.1 Å². The lowest BCUT2D eigenvalue weighted by Crippen LogP contribution is -2.52. The van der Waals surface area contributed by atoms with Gasteiger partial charge in [0, 0.05) is 50.5 Å². The molecule has 140 valence electrons. The summed E-state index contributed by atoms with van der Waals surface area (Å²) in [6, 6.07) is 7.22. The molecule has 0 spiro atoms. The molecule has 3 aromatic heterocycles. The van der Waals surface area contributed by atoms with E-state index < -0.39 is 0 Å². The van der Waals surface area contributed by atoms with E-state index >= 15 is 0 Å². The quantitative estimate of drug-likeness (QED) is 0.771. The van der Waals surface area contributed by atoms with Crippen LogP contribution in [0.1, 0.15) is 18.7 Å². The molecule has 1 saturated heterocycles. The number of imidazole rings is 1. The second kappa shape index (κ2) is 7.22. The molecule has 1 N–H and O–H groups in total. The summed E-state index contributed by atoms with van der Waals surface area (Å²) in [5, 5.41) is 3.05. The van der Waals surface area contributed by atoms with E-state index in [1.165, 1.54) is 6.20 Å². The fourth-order valence-corrected chi connectivity index (χ4v) is 3.45. The van der Waals surface area contributed by atoms with Gasteiger partial charge in [0.15, 0.2) is 5.82 Å². The molecule has 1 aliphatic heterocycles. The van der Waals surface area contributed by atoms with Crippen molar-refractivity contribution >= 4 is 17.4 Å². The summed E-state index contributed by atoms with van der Waals surface area (Å²) < 4.78 is 15.9. The van der Waals surface area contributed by atoms with Crippen LogP contribution in [0.3, 0.4) is 0 Å². The van der Waals surface area contributed by atoms with Crippen LogP contribution < -0.4 is 10.2 Å². The molecule has 8 heteroatoms.